The molecule has 0 aliphatic rings. The molecule has 0 atom stereocenters. The van der Waals surface area contributed by atoms with Gasteiger partial charge in [-0.2, -0.15) is 0 Å². The molecule has 2 aromatic rings. The summed E-state index contributed by atoms with van der Waals surface area (Å²) in [5.41, 5.74) is 2.31. The van der Waals surface area contributed by atoms with Crippen LogP contribution in [-0.2, 0) is 0 Å². The number of fused-ring (bicyclic) bond motifs is 1. The van der Waals surface area contributed by atoms with Crippen molar-refractivity contribution >= 4 is 10.9 Å². The first kappa shape index (κ1) is 8.88. The van der Waals surface area contributed by atoms with Crippen LogP contribution in [0.1, 0.15) is 5.69 Å². The van der Waals surface area contributed by atoms with Crippen molar-refractivity contribution in [2.75, 3.05) is 6.61 Å². The minimum atomic E-state index is 0.551. The normalized spacial score (nSPS) is 10.4. The van der Waals surface area contributed by atoms with Crippen molar-refractivity contribution in [1.82, 2.24) is 4.98 Å². The Balaban J connectivity index is 2.35. The largest absolute Gasteiger partial charge is 0.490 e. The van der Waals surface area contributed by atoms with Crippen molar-refractivity contribution in [2.45, 2.75) is 6.92 Å². The van der Waals surface area contributed by atoms with Crippen molar-refractivity contribution in [2.24, 2.45) is 0 Å². The lowest BCUT2D eigenvalue weighted by atomic mass is 10.2. The first-order chi connectivity index (χ1) is 6.79. The molecule has 2 heteroatoms. The standard InChI is InChI=1S/C12H13NO/c1-3-6-14-11-4-5-12-10(8-11)7-9(2)13-12/h3-5,7-8,13H,1,6H2,2H3. The number of benzene rings is 1. The highest BCUT2D eigenvalue weighted by Gasteiger charge is 1.98. The molecule has 0 fully saturated rings. The van der Waals surface area contributed by atoms with E-state index in [-0.39, 0.29) is 0 Å². The van der Waals surface area contributed by atoms with Gasteiger partial charge in [-0.1, -0.05) is 12.7 Å². The van der Waals surface area contributed by atoms with Crippen LogP contribution in [0.5, 0.6) is 5.75 Å². The Morgan fingerprint density at radius 2 is 2.29 bits per heavy atom. The number of aryl methyl sites for hydroxylation is 1. The topological polar surface area (TPSA) is 25.0 Å². The van der Waals surface area contributed by atoms with Crippen LogP contribution in [0.15, 0.2) is 36.9 Å². The van der Waals surface area contributed by atoms with Gasteiger partial charge < -0.3 is 9.72 Å². The minimum absolute atomic E-state index is 0.551. The van der Waals surface area contributed by atoms with Gasteiger partial charge >= 0.3 is 0 Å². The van der Waals surface area contributed by atoms with Crippen molar-refractivity contribution in [3.8, 4) is 5.75 Å². The Hall–Kier alpha value is -1.70. The molecule has 0 unspecified atom stereocenters. The average Bonchev–Trinajstić information content (AvgIpc) is 2.54. The van der Waals surface area contributed by atoms with Gasteiger partial charge in [0.25, 0.3) is 0 Å². The predicted molar refractivity (Wildman–Crippen MR) is 58.7 cm³/mol. The summed E-state index contributed by atoms with van der Waals surface area (Å²) >= 11 is 0. The number of hydrogen-bond donors (Lipinski definition) is 1. The predicted octanol–water partition coefficient (Wildman–Crippen LogP) is 3.04. The second-order valence-electron chi connectivity index (χ2n) is 3.30. The van der Waals surface area contributed by atoms with Crippen molar-refractivity contribution < 1.29 is 4.74 Å². The fourth-order valence-corrected chi connectivity index (χ4v) is 1.50. The average molecular weight is 187 g/mol. The summed E-state index contributed by atoms with van der Waals surface area (Å²) in [4.78, 5) is 3.27. The third-order valence-electron chi connectivity index (χ3n) is 2.09. The third-order valence-corrected chi connectivity index (χ3v) is 2.09. The van der Waals surface area contributed by atoms with Gasteiger partial charge in [0.2, 0.25) is 0 Å². The molecule has 14 heavy (non-hydrogen) atoms. The summed E-state index contributed by atoms with van der Waals surface area (Å²) in [7, 11) is 0. The van der Waals surface area contributed by atoms with Crippen LogP contribution in [0.25, 0.3) is 10.9 Å². The molecule has 2 rings (SSSR count). The van der Waals surface area contributed by atoms with E-state index < -0.39 is 0 Å². The molecule has 2 nitrogen and oxygen atoms in total. The first-order valence-electron chi connectivity index (χ1n) is 4.62. The maximum Gasteiger partial charge on any atom is 0.120 e. The summed E-state index contributed by atoms with van der Waals surface area (Å²) < 4.78 is 5.44. The molecule has 0 aliphatic heterocycles. The van der Waals surface area contributed by atoms with Gasteiger partial charge in [0.05, 0.1) is 0 Å². The molecule has 1 aromatic heterocycles. The van der Waals surface area contributed by atoms with Gasteiger partial charge in [-0.25, -0.2) is 0 Å². The van der Waals surface area contributed by atoms with E-state index in [1.807, 2.05) is 25.1 Å². The molecule has 72 valence electrons. The number of nitrogens with one attached hydrogen (secondary N) is 1. The lowest BCUT2D eigenvalue weighted by Gasteiger charge is -2.01. The van der Waals surface area contributed by atoms with Gasteiger partial charge in [0.1, 0.15) is 12.4 Å². The molecule has 0 saturated heterocycles. The van der Waals surface area contributed by atoms with Crippen molar-refractivity contribution in [3.63, 3.8) is 0 Å². The summed E-state index contributed by atoms with van der Waals surface area (Å²) in [5, 5.41) is 1.18. The van der Waals surface area contributed by atoms with Gasteiger partial charge in [-0.3, -0.25) is 0 Å². The molecule has 0 spiro atoms. The van der Waals surface area contributed by atoms with E-state index in [9.17, 15) is 0 Å². The van der Waals surface area contributed by atoms with Crippen molar-refractivity contribution in [1.29, 1.82) is 0 Å². The quantitative estimate of drug-likeness (QED) is 0.734. The monoisotopic (exact) mass is 187 g/mol. The summed E-state index contributed by atoms with van der Waals surface area (Å²) in [6, 6.07) is 8.13. The van der Waals surface area contributed by atoms with E-state index in [1.54, 1.807) is 6.08 Å². The molecule has 0 radical (unpaired) electrons. The van der Waals surface area contributed by atoms with Crippen LogP contribution in [0, 0.1) is 6.92 Å². The van der Waals surface area contributed by atoms with Crippen LogP contribution in [0.2, 0.25) is 0 Å². The summed E-state index contributed by atoms with van der Waals surface area (Å²) in [6.07, 6.45) is 1.74. The fraction of sp³-hybridized carbons (Fsp3) is 0.167. The van der Waals surface area contributed by atoms with E-state index in [0.717, 1.165) is 11.3 Å². The van der Waals surface area contributed by atoms with Crippen LogP contribution in [0.3, 0.4) is 0 Å². The van der Waals surface area contributed by atoms with E-state index in [4.69, 9.17) is 4.74 Å². The van der Waals surface area contributed by atoms with E-state index in [2.05, 4.69) is 17.6 Å². The van der Waals surface area contributed by atoms with Crippen LogP contribution < -0.4 is 4.74 Å². The Bertz CT molecular complexity index is 456. The van der Waals surface area contributed by atoms with Crippen LogP contribution in [0.4, 0.5) is 0 Å². The second kappa shape index (κ2) is 3.58. The maximum atomic E-state index is 5.44. The first-order valence-corrected chi connectivity index (χ1v) is 4.62. The second-order valence-corrected chi connectivity index (χ2v) is 3.30. The molecular weight excluding hydrogens is 174 g/mol. The zero-order valence-electron chi connectivity index (χ0n) is 8.21. The Labute approximate surface area is 83.2 Å². The number of hydrogen-bond acceptors (Lipinski definition) is 1. The fourth-order valence-electron chi connectivity index (χ4n) is 1.50. The van der Waals surface area contributed by atoms with Gasteiger partial charge in [0, 0.05) is 16.6 Å². The number of ether oxygens (including phenoxy) is 1. The highest BCUT2D eigenvalue weighted by Crippen LogP contribution is 2.21. The maximum absolute atomic E-state index is 5.44. The number of aromatic nitrogens is 1. The third kappa shape index (κ3) is 1.64. The molecule has 0 aliphatic carbocycles. The Kier molecular flexibility index (Phi) is 2.27. The van der Waals surface area contributed by atoms with E-state index in [1.165, 1.54) is 11.1 Å². The molecular formula is C12H13NO. The highest BCUT2D eigenvalue weighted by molar-refractivity contribution is 5.81. The van der Waals surface area contributed by atoms with Crippen LogP contribution >= 0.6 is 0 Å². The molecule has 1 aromatic carbocycles. The molecule has 0 saturated carbocycles. The van der Waals surface area contributed by atoms with Crippen LogP contribution in [-0.4, -0.2) is 11.6 Å². The Morgan fingerprint density at radius 1 is 1.43 bits per heavy atom. The lowest BCUT2D eigenvalue weighted by Crippen LogP contribution is -1.91. The van der Waals surface area contributed by atoms with Gasteiger partial charge in [0.15, 0.2) is 0 Å². The molecule has 1 N–H and O–H groups in total. The van der Waals surface area contributed by atoms with E-state index >= 15 is 0 Å². The lowest BCUT2D eigenvalue weighted by molar-refractivity contribution is 0.364. The Morgan fingerprint density at radius 3 is 3.07 bits per heavy atom. The molecule has 0 amide bonds. The van der Waals surface area contributed by atoms with Crippen molar-refractivity contribution in [3.05, 3.63) is 42.6 Å². The minimum Gasteiger partial charge on any atom is -0.490 e. The highest BCUT2D eigenvalue weighted by atomic mass is 16.5. The smallest absolute Gasteiger partial charge is 0.120 e. The molecule has 1 heterocycles. The van der Waals surface area contributed by atoms with E-state index in [0.29, 0.717) is 6.61 Å². The zero-order valence-corrected chi connectivity index (χ0v) is 8.21. The zero-order chi connectivity index (χ0) is 9.97. The summed E-state index contributed by atoms with van der Waals surface area (Å²) in [5.74, 6) is 0.886. The summed E-state index contributed by atoms with van der Waals surface area (Å²) in [6.45, 7) is 6.21. The number of rotatable bonds is 3. The number of H-pyrrole nitrogens is 1. The van der Waals surface area contributed by atoms with Gasteiger partial charge in [-0.05, 0) is 31.2 Å². The van der Waals surface area contributed by atoms with Gasteiger partial charge in [-0.15, -0.1) is 0 Å². The SMILES string of the molecule is C=CCOc1ccc2[nH]c(C)cc2c1. The molecule has 0 bridgehead atoms. The number of aromatic amines is 1.